The molecule has 102 valence electrons. The fraction of sp³-hybridized carbons (Fsp3) is 0.714. The van der Waals surface area contributed by atoms with Gasteiger partial charge in [0.25, 0.3) is 0 Å². The SMILES string of the molecule is CCCNc1nc(C)cc(NC(C)CC(C)C)n1. The zero-order valence-corrected chi connectivity index (χ0v) is 12.2. The lowest BCUT2D eigenvalue weighted by atomic mass is 10.1. The molecule has 0 aromatic carbocycles. The third-order valence-electron chi connectivity index (χ3n) is 2.61. The average molecular weight is 250 g/mol. The molecule has 1 atom stereocenters. The second-order valence-electron chi connectivity index (χ2n) is 5.32. The second kappa shape index (κ2) is 7.19. The van der Waals surface area contributed by atoms with E-state index in [2.05, 4.69) is 48.3 Å². The lowest BCUT2D eigenvalue weighted by molar-refractivity contribution is 0.539. The molecule has 0 radical (unpaired) electrons. The molecule has 0 aliphatic rings. The molecule has 0 aliphatic heterocycles. The number of aryl methyl sites for hydroxylation is 1. The monoisotopic (exact) mass is 250 g/mol. The van der Waals surface area contributed by atoms with Gasteiger partial charge in [-0.25, -0.2) is 4.98 Å². The van der Waals surface area contributed by atoms with Crippen molar-refractivity contribution < 1.29 is 0 Å². The standard InChI is InChI=1S/C14H26N4/c1-6-7-15-14-17-12(5)9-13(18-14)16-11(4)8-10(2)3/h9-11H,6-8H2,1-5H3,(H2,15,16,17,18). The molecule has 18 heavy (non-hydrogen) atoms. The Bertz CT molecular complexity index is 363. The largest absolute Gasteiger partial charge is 0.367 e. The van der Waals surface area contributed by atoms with Crippen molar-refractivity contribution in [3.8, 4) is 0 Å². The van der Waals surface area contributed by atoms with Crippen molar-refractivity contribution in [2.45, 2.75) is 53.5 Å². The maximum Gasteiger partial charge on any atom is 0.224 e. The van der Waals surface area contributed by atoms with E-state index in [0.29, 0.717) is 12.0 Å². The highest BCUT2D eigenvalue weighted by atomic mass is 15.1. The van der Waals surface area contributed by atoms with Gasteiger partial charge in [-0.2, -0.15) is 4.98 Å². The first-order valence-corrected chi connectivity index (χ1v) is 6.87. The van der Waals surface area contributed by atoms with Gasteiger partial charge in [0.2, 0.25) is 5.95 Å². The molecule has 0 fully saturated rings. The van der Waals surface area contributed by atoms with E-state index in [9.17, 15) is 0 Å². The fourth-order valence-corrected chi connectivity index (χ4v) is 1.98. The van der Waals surface area contributed by atoms with Crippen molar-refractivity contribution in [2.75, 3.05) is 17.2 Å². The van der Waals surface area contributed by atoms with Crippen LogP contribution in [0.4, 0.5) is 11.8 Å². The van der Waals surface area contributed by atoms with Crippen LogP contribution >= 0.6 is 0 Å². The predicted molar refractivity (Wildman–Crippen MR) is 78.1 cm³/mol. The Balaban J connectivity index is 2.67. The Morgan fingerprint density at radius 2 is 1.94 bits per heavy atom. The molecule has 2 N–H and O–H groups in total. The average Bonchev–Trinajstić information content (AvgIpc) is 2.24. The molecule has 1 unspecified atom stereocenters. The normalized spacial score (nSPS) is 12.6. The van der Waals surface area contributed by atoms with Gasteiger partial charge >= 0.3 is 0 Å². The summed E-state index contributed by atoms with van der Waals surface area (Å²) < 4.78 is 0. The molecule has 0 bridgehead atoms. The van der Waals surface area contributed by atoms with E-state index in [4.69, 9.17) is 0 Å². The van der Waals surface area contributed by atoms with Gasteiger partial charge in [0, 0.05) is 24.3 Å². The molecule has 0 aliphatic carbocycles. The highest BCUT2D eigenvalue weighted by Gasteiger charge is 2.07. The Morgan fingerprint density at radius 1 is 1.22 bits per heavy atom. The zero-order chi connectivity index (χ0) is 13.5. The Morgan fingerprint density at radius 3 is 2.56 bits per heavy atom. The van der Waals surface area contributed by atoms with Crippen molar-refractivity contribution in [3.63, 3.8) is 0 Å². The van der Waals surface area contributed by atoms with E-state index < -0.39 is 0 Å². The molecule has 1 aromatic rings. The van der Waals surface area contributed by atoms with E-state index in [1.165, 1.54) is 0 Å². The molecular formula is C14H26N4. The van der Waals surface area contributed by atoms with Gasteiger partial charge in [-0.3, -0.25) is 0 Å². The number of aromatic nitrogens is 2. The highest BCUT2D eigenvalue weighted by Crippen LogP contribution is 2.13. The number of nitrogens with one attached hydrogen (secondary N) is 2. The van der Waals surface area contributed by atoms with Crippen LogP contribution in [0.3, 0.4) is 0 Å². The van der Waals surface area contributed by atoms with Crippen molar-refractivity contribution >= 4 is 11.8 Å². The Hall–Kier alpha value is -1.32. The van der Waals surface area contributed by atoms with E-state index in [1.807, 2.05) is 13.0 Å². The van der Waals surface area contributed by atoms with Crippen LogP contribution in [0.15, 0.2) is 6.07 Å². The molecule has 4 heteroatoms. The fourth-order valence-electron chi connectivity index (χ4n) is 1.98. The summed E-state index contributed by atoms with van der Waals surface area (Å²) in [5.41, 5.74) is 0.989. The number of nitrogens with zero attached hydrogens (tertiary/aromatic N) is 2. The highest BCUT2D eigenvalue weighted by molar-refractivity contribution is 5.42. The summed E-state index contributed by atoms with van der Waals surface area (Å²) in [5, 5.41) is 6.67. The number of hydrogen-bond donors (Lipinski definition) is 2. The van der Waals surface area contributed by atoms with Crippen LogP contribution in [-0.4, -0.2) is 22.6 Å². The third kappa shape index (κ3) is 5.34. The first-order valence-electron chi connectivity index (χ1n) is 6.87. The van der Waals surface area contributed by atoms with E-state index in [0.717, 1.165) is 36.8 Å². The zero-order valence-electron chi connectivity index (χ0n) is 12.2. The van der Waals surface area contributed by atoms with Gasteiger partial charge < -0.3 is 10.6 Å². The van der Waals surface area contributed by atoms with Crippen molar-refractivity contribution in [1.29, 1.82) is 0 Å². The summed E-state index contributed by atoms with van der Waals surface area (Å²) >= 11 is 0. The lowest BCUT2D eigenvalue weighted by Gasteiger charge is -2.17. The minimum absolute atomic E-state index is 0.429. The minimum Gasteiger partial charge on any atom is -0.367 e. The predicted octanol–water partition coefficient (Wildman–Crippen LogP) is 3.45. The molecule has 1 aromatic heterocycles. The molecular weight excluding hydrogens is 224 g/mol. The molecule has 0 saturated carbocycles. The summed E-state index contributed by atoms with van der Waals surface area (Å²) in [4.78, 5) is 8.86. The van der Waals surface area contributed by atoms with E-state index in [1.54, 1.807) is 0 Å². The molecule has 0 saturated heterocycles. The van der Waals surface area contributed by atoms with Crippen LogP contribution in [-0.2, 0) is 0 Å². The maximum absolute atomic E-state index is 4.49. The number of rotatable bonds is 7. The lowest BCUT2D eigenvalue weighted by Crippen LogP contribution is -2.19. The first kappa shape index (κ1) is 14.7. The van der Waals surface area contributed by atoms with Crippen molar-refractivity contribution in [3.05, 3.63) is 11.8 Å². The molecule has 1 rings (SSSR count). The van der Waals surface area contributed by atoms with Crippen LogP contribution in [0.25, 0.3) is 0 Å². The second-order valence-corrected chi connectivity index (χ2v) is 5.32. The summed E-state index contributed by atoms with van der Waals surface area (Å²) in [7, 11) is 0. The number of hydrogen-bond acceptors (Lipinski definition) is 4. The van der Waals surface area contributed by atoms with Gasteiger partial charge in [0.1, 0.15) is 5.82 Å². The quantitative estimate of drug-likeness (QED) is 0.778. The van der Waals surface area contributed by atoms with Crippen LogP contribution in [0.1, 0.15) is 46.2 Å². The summed E-state index contributed by atoms with van der Waals surface area (Å²) in [6.45, 7) is 11.7. The van der Waals surface area contributed by atoms with Gasteiger partial charge in [-0.05, 0) is 32.6 Å². The van der Waals surface area contributed by atoms with Gasteiger partial charge in [-0.15, -0.1) is 0 Å². The molecule has 1 heterocycles. The van der Waals surface area contributed by atoms with Gasteiger partial charge in [-0.1, -0.05) is 20.8 Å². The van der Waals surface area contributed by atoms with E-state index >= 15 is 0 Å². The summed E-state index contributed by atoms with van der Waals surface area (Å²) in [6, 6.07) is 2.42. The van der Waals surface area contributed by atoms with Crippen LogP contribution < -0.4 is 10.6 Å². The summed E-state index contributed by atoms with van der Waals surface area (Å²) in [6.07, 6.45) is 2.21. The first-order chi connectivity index (χ1) is 8.51. The van der Waals surface area contributed by atoms with Crippen molar-refractivity contribution in [1.82, 2.24) is 9.97 Å². The molecule has 0 spiro atoms. The van der Waals surface area contributed by atoms with Crippen LogP contribution in [0, 0.1) is 12.8 Å². The number of anilines is 2. The maximum atomic E-state index is 4.49. The van der Waals surface area contributed by atoms with Crippen LogP contribution in [0.2, 0.25) is 0 Å². The Kier molecular flexibility index (Phi) is 5.89. The smallest absolute Gasteiger partial charge is 0.224 e. The molecule has 0 amide bonds. The topological polar surface area (TPSA) is 49.8 Å². The Labute approximate surface area is 111 Å². The van der Waals surface area contributed by atoms with Crippen LogP contribution in [0.5, 0.6) is 0 Å². The molecule has 4 nitrogen and oxygen atoms in total. The minimum atomic E-state index is 0.429. The third-order valence-corrected chi connectivity index (χ3v) is 2.61. The van der Waals surface area contributed by atoms with Gasteiger partial charge in [0.05, 0.1) is 0 Å². The van der Waals surface area contributed by atoms with Gasteiger partial charge in [0.15, 0.2) is 0 Å². The summed E-state index contributed by atoms with van der Waals surface area (Å²) in [5.74, 6) is 2.32. The van der Waals surface area contributed by atoms with E-state index in [-0.39, 0.29) is 0 Å². The van der Waals surface area contributed by atoms with Crippen molar-refractivity contribution in [2.24, 2.45) is 5.92 Å².